The van der Waals surface area contributed by atoms with E-state index in [1.807, 2.05) is 0 Å². The lowest BCUT2D eigenvalue weighted by atomic mass is 10.2. The van der Waals surface area contributed by atoms with Crippen LogP contribution in [0.3, 0.4) is 0 Å². The highest BCUT2D eigenvalue weighted by molar-refractivity contribution is 5.88. The number of anilines is 1. The number of rotatable bonds is 8. The van der Waals surface area contributed by atoms with E-state index < -0.39 is 5.97 Å². The van der Waals surface area contributed by atoms with Gasteiger partial charge in [0.1, 0.15) is 0 Å². The van der Waals surface area contributed by atoms with Gasteiger partial charge >= 0.3 is 12.0 Å². The van der Waals surface area contributed by atoms with Gasteiger partial charge in [0.2, 0.25) is 0 Å². The Morgan fingerprint density at radius 1 is 1.25 bits per heavy atom. The summed E-state index contributed by atoms with van der Waals surface area (Å²) in [5, 5.41) is 14.0. The van der Waals surface area contributed by atoms with Crippen LogP contribution in [0.1, 0.15) is 38.3 Å². The van der Waals surface area contributed by atoms with Crippen LogP contribution < -0.4 is 10.6 Å². The Labute approximate surface area is 118 Å². The molecule has 0 radical (unpaired) electrons. The summed E-state index contributed by atoms with van der Waals surface area (Å²) in [6.45, 7) is 2.79. The van der Waals surface area contributed by atoms with Crippen molar-refractivity contribution in [3.63, 3.8) is 0 Å². The van der Waals surface area contributed by atoms with E-state index in [2.05, 4.69) is 22.5 Å². The molecule has 0 unspecified atom stereocenters. The molecule has 1 aromatic heterocycles. The summed E-state index contributed by atoms with van der Waals surface area (Å²) in [6, 6.07) is 2.96. The normalized spacial score (nSPS) is 10.1. The number of hydrogen-bond donors (Lipinski definition) is 3. The number of amides is 2. The molecule has 0 spiro atoms. The second-order valence-corrected chi connectivity index (χ2v) is 4.55. The summed E-state index contributed by atoms with van der Waals surface area (Å²) in [4.78, 5) is 26.0. The van der Waals surface area contributed by atoms with E-state index in [0.29, 0.717) is 17.9 Å². The Morgan fingerprint density at radius 3 is 2.65 bits per heavy atom. The van der Waals surface area contributed by atoms with Crippen molar-refractivity contribution in [2.24, 2.45) is 0 Å². The molecule has 0 aromatic carbocycles. The van der Waals surface area contributed by atoms with Gasteiger partial charge in [0, 0.05) is 6.54 Å². The molecule has 3 N–H and O–H groups in total. The van der Waals surface area contributed by atoms with E-state index >= 15 is 0 Å². The molecule has 6 nitrogen and oxygen atoms in total. The highest BCUT2D eigenvalue weighted by Gasteiger charge is 2.04. The molecule has 1 heterocycles. The van der Waals surface area contributed by atoms with E-state index in [4.69, 9.17) is 5.11 Å². The highest BCUT2D eigenvalue weighted by atomic mass is 16.4. The number of carboxylic acid groups (broad SMARTS) is 1. The van der Waals surface area contributed by atoms with Gasteiger partial charge in [-0.05, 0) is 18.6 Å². The maximum atomic E-state index is 11.6. The molecule has 1 aromatic rings. The maximum absolute atomic E-state index is 11.6. The molecular formula is C14H21N3O3. The number of aromatic nitrogens is 1. The van der Waals surface area contributed by atoms with E-state index in [0.717, 1.165) is 12.8 Å². The molecule has 0 aliphatic heterocycles. The van der Waals surface area contributed by atoms with Crippen LogP contribution in [-0.2, 0) is 11.2 Å². The van der Waals surface area contributed by atoms with Crippen molar-refractivity contribution in [3.05, 3.63) is 24.0 Å². The molecule has 0 saturated heterocycles. The average molecular weight is 279 g/mol. The summed E-state index contributed by atoms with van der Waals surface area (Å²) >= 11 is 0. The van der Waals surface area contributed by atoms with Crippen molar-refractivity contribution < 1.29 is 14.7 Å². The van der Waals surface area contributed by atoms with Crippen LogP contribution >= 0.6 is 0 Å². The molecule has 0 fully saturated rings. The van der Waals surface area contributed by atoms with Gasteiger partial charge in [0.25, 0.3) is 0 Å². The SMILES string of the molecule is CCCCCCNC(=O)Nc1ccc(CC(=O)O)nc1. The smallest absolute Gasteiger partial charge is 0.319 e. The summed E-state index contributed by atoms with van der Waals surface area (Å²) in [7, 11) is 0. The first kappa shape index (κ1) is 15.9. The number of carboxylic acids is 1. The van der Waals surface area contributed by atoms with Gasteiger partial charge in [0.15, 0.2) is 0 Å². The molecule has 20 heavy (non-hydrogen) atoms. The number of nitrogens with one attached hydrogen (secondary N) is 2. The molecule has 0 aliphatic carbocycles. The fourth-order valence-corrected chi connectivity index (χ4v) is 1.69. The molecular weight excluding hydrogens is 258 g/mol. The first-order valence-electron chi connectivity index (χ1n) is 6.83. The van der Waals surface area contributed by atoms with Gasteiger partial charge in [0.05, 0.1) is 24.0 Å². The van der Waals surface area contributed by atoms with Crippen LogP contribution in [0.2, 0.25) is 0 Å². The van der Waals surface area contributed by atoms with Crippen LogP contribution in [0, 0.1) is 0 Å². The number of nitrogens with zero attached hydrogens (tertiary/aromatic N) is 1. The number of carbonyl (C=O) groups is 2. The second-order valence-electron chi connectivity index (χ2n) is 4.55. The van der Waals surface area contributed by atoms with E-state index in [1.54, 1.807) is 12.1 Å². The molecule has 2 amide bonds. The van der Waals surface area contributed by atoms with Gasteiger partial charge in [-0.3, -0.25) is 9.78 Å². The van der Waals surface area contributed by atoms with Gasteiger partial charge in [-0.1, -0.05) is 26.2 Å². The Balaban J connectivity index is 2.29. The van der Waals surface area contributed by atoms with Crippen LogP contribution in [0.25, 0.3) is 0 Å². The van der Waals surface area contributed by atoms with Crippen molar-refractivity contribution >= 4 is 17.7 Å². The third-order valence-electron chi connectivity index (χ3n) is 2.73. The monoisotopic (exact) mass is 279 g/mol. The zero-order chi connectivity index (χ0) is 14.8. The third kappa shape index (κ3) is 6.72. The summed E-state index contributed by atoms with van der Waals surface area (Å²) < 4.78 is 0. The van der Waals surface area contributed by atoms with Crippen molar-refractivity contribution in [2.45, 2.75) is 39.0 Å². The van der Waals surface area contributed by atoms with Crippen LogP contribution in [0.5, 0.6) is 0 Å². The van der Waals surface area contributed by atoms with Crippen LogP contribution in [0.15, 0.2) is 18.3 Å². The lowest BCUT2D eigenvalue weighted by molar-refractivity contribution is -0.136. The molecule has 0 saturated carbocycles. The lowest BCUT2D eigenvalue weighted by Crippen LogP contribution is -2.29. The number of aliphatic carboxylic acids is 1. The lowest BCUT2D eigenvalue weighted by Gasteiger charge is -2.07. The number of hydrogen-bond acceptors (Lipinski definition) is 3. The number of carbonyl (C=O) groups excluding carboxylic acids is 1. The van der Waals surface area contributed by atoms with E-state index in [9.17, 15) is 9.59 Å². The largest absolute Gasteiger partial charge is 0.481 e. The van der Waals surface area contributed by atoms with Crippen molar-refractivity contribution in [1.82, 2.24) is 10.3 Å². The zero-order valence-corrected chi connectivity index (χ0v) is 11.7. The first-order valence-corrected chi connectivity index (χ1v) is 6.83. The predicted molar refractivity (Wildman–Crippen MR) is 76.7 cm³/mol. The first-order chi connectivity index (χ1) is 9.61. The standard InChI is InChI=1S/C14H21N3O3/c1-2-3-4-5-8-15-14(20)17-12-7-6-11(16-10-12)9-13(18)19/h6-7,10H,2-5,8-9H2,1H3,(H,18,19)(H2,15,17,20). The van der Waals surface area contributed by atoms with E-state index in [-0.39, 0.29) is 12.5 Å². The average Bonchev–Trinajstić information content (AvgIpc) is 2.40. The number of pyridine rings is 1. The predicted octanol–water partition coefficient (Wildman–Crippen LogP) is 2.41. The van der Waals surface area contributed by atoms with Crippen molar-refractivity contribution in [1.29, 1.82) is 0 Å². The Hall–Kier alpha value is -2.11. The molecule has 0 aliphatic rings. The Morgan fingerprint density at radius 2 is 2.05 bits per heavy atom. The summed E-state index contributed by atoms with van der Waals surface area (Å²) in [6.07, 6.45) is 5.76. The third-order valence-corrected chi connectivity index (χ3v) is 2.73. The van der Waals surface area contributed by atoms with Gasteiger partial charge in [-0.25, -0.2) is 4.79 Å². The molecule has 110 valence electrons. The fraction of sp³-hybridized carbons (Fsp3) is 0.500. The second kappa shape index (κ2) is 8.90. The minimum absolute atomic E-state index is 0.121. The summed E-state index contributed by atoms with van der Waals surface area (Å²) in [5.74, 6) is -0.928. The van der Waals surface area contributed by atoms with Crippen LogP contribution in [0.4, 0.5) is 10.5 Å². The van der Waals surface area contributed by atoms with E-state index in [1.165, 1.54) is 19.0 Å². The molecule has 1 rings (SSSR count). The zero-order valence-electron chi connectivity index (χ0n) is 11.7. The molecule has 6 heteroatoms. The fourth-order valence-electron chi connectivity index (χ4n) is 1.69. The number of urea groups is 1. The quantitative estimate of drug-likeness (QED) is 0.637. The highest BCUT2D eigenvalue weighted by Crippen LogP contribution is 2.06. The Bertz CT molecular complexity index is 432. The Kier molecular flexibility index (Phi) is 7.10. The van der Waals surface area contributed by atoms with Gasteiger partial charge < -0.3 is 15.7 Å². The van der Waals surface area contributed by atoms with Crippen LogP contribution in [-0.4, -0.2) is 28.6 Å². The molecule has 0 atom stereocenters. The minimum Gasteiger partial charge on any atom is -0.481 e. The van der Waals surface area contributed by atoms with Crippen molar-refractivity contribution in [2.75, 3.05) is 11.9 Å². The van der Waals surface area contributed by atoms with Crippen molar-refractivity contribution in [3.8, 4) is 0 Å². The van der Waals surface area contributed by atoms with Gasteiger partial charge in [-0.15, -0.1) is 0 Å². The minimum atomic E-state index is -0.928. The summed E-state index contributed by atoms with van der Waals surface area (Å²) in [5.41, 5.74) is 1.01. The molecule has 0 bridgehead atoms. The topological polar surface area (TPSA) is 91.3 Å². The van der Waals surface area contributed by atoms with Gasteiger partial charge in [-0.2, -0.15) is 0 Å². The number of unbranched alkanes of at least 4 members (excludes halogenated alkanes) is 3. The maximum Gasteiger partial charge on any atom is 0.319 e.